The van der Waals surface area contributed by atoms with Gasteiger partial charge in [-0.15, -0.1) is 0 Å². The van der Waals surface area contributed by atoms with Gasteiger partial charge in [0, 0.05) is 24.3 Å². The van der Waals surface area contributed by atoms with E-state index in [2.05, 4.69) is 4.57 Å². The zero-order valence-corrected chi connectivity index (χ0v) is 20.3. The molecule has 0 aliphatic rings. The largest absolute Gasteiger partial charge is 0.748 e. The Balaban J connectivity index is 1.57. The molecule has 34 heavy (non-hydrogen) atoms. The molecule has 0 atom stereocenters. The fourth-order valence-corrected chi connectivity index (χ4v) is 5.19. The standard InChI is InChI=1S/C26H25NO5S2/c1-31-23-14-12-20(18-24(23)32-19-21-8-3-2-4-9-21)13-15-26-27(16-7-17-34(28,29)30)22-10-5-6-11-25(22)33-26/h2-6,8-15,18H,7,16-17,19H2,1H3/b15-13+. The van der Waals surface area contributed by atoms with Gasteiger partial charge in [0.25, 0.3) is 5.01 Å². The molecule has 8 heteroatoms. The van der Waals surface area contributed by atoms with Gasteiger partial charge in [-0.3, -0.25) is 0 Å². The first-order chi connectivity index (χ1) is 16.4. The van der Waals surface area contributed by atoms with E-state index in [-0.39, 0.29) is 12.2 Å². The van der Waals surface area contributed by atoms with Crippen molar-refractivity contribution in [2.45, 2.75) is 19.6 Å². The lowest BCUT2D eigenvalue weighted by Gasteiger charge is -2.11. The van der Waals surface area contributed by atoms with Crippen LogP contribution in [-0.4, -0.2) is 25.8 Å². The van der Waals surface area contributed by atoms with E-state index in [0.717, 1.165) is 26.4 Å². The fourth-order valence-electron chi connectivity index (χ4n) is 3.62. The van der Waals surface area contributed by atoms with Crippen LogP contribution in [0.4, 0.5) is 0 Å². The number of fused-ring (bicyclic) bond motifs is 1. The molecule has 3 aromatic carbocycles. The van der Waals surface area contributed by atoms with Crippen LogP contribution in [0.3, 0.4) is 0 Å². The Morgan fingerprint density at radius 2 is 1.74 bits per heavy atom. The van der Waals surface area contributed by atoms with Crippen LogP contribution in [0.25, 0.3) is 22.4 Å². The molecule has 1 heterocycles. The van der Waals surface area contributed by atoms with Crippen molar-refractivity contribution >= 4 is 43.8 Å². The van der Waals surface area contributed by atoms with Crippen molar-refractivity contribution in [2.24, 2.45) is 0 Å². The van der Waals surface area contributed by atoms with Gasteiger partial charge >= 0.3 is 0 Å². The first-order valence-electron chi connectivity index (χ1n) is 10.8. The van der Waals surface area contributed by atoms with Crippen molar-refractivity contribution in [3.8, 4) is 11.5 Å². The molecule has 0 bridgehead atoms. The van der Waals surface area contributed by atoms with Crippen LogP contribution >= 0.6 is 11.3 Å². The van der Waals surface area contributed by atoms with Crippen molar-refractivity contribution < 1.29 is 27.0 Å². The predicted molar refractivity (Wildman–Crippen MR) is 134 cm³/mol. The number of rotatable bonds is 10. The minimum Gasteiger partial charge on any atom is -0.748 e. The van der Waals surface area contributed by atoms with Gasteiger partial charge in [-0.25, -0.2) is 8.42 Å². The van der Waals surface area contributed by atoms with E-state index in [1.807, 2.05) is 84.9 Å². The zero-order valence-electron chi connectivity index (χ0n) is 18.7. The molecule has 176 valence electrons. The summed E-state index contributed by atoms with van der Waals surface area (Å²) in [5, 5.41) is 0.965. The Labute approximate surface area is 203 Å². The van der Waals surface area contributed by atoms with E-state index in [4.69, 9.17) is 9.47 Å². The number of nitrogens with zero attached hydrogens (tertiary/aromatic N) is 1. The monoisotopic (exact) mass is 495 g/mol. The van der Waals surface area contributed by atoms with Gasteiger partial charge < -0.3 is 14.0 Å². The summed E-state index contributed by atoms with van der Waals surface area (Å²) in [7, 11) is -2.63. The maximum absolute atomic E-state index is 11.0. The zero-order chi connectivity index (χ0) is 24.0. The molecule has 0 fully saturated rings. The minimum absolute atomic E-state index is 0.262. The van der Waals surface area contributed by atoms with Gasteiger partial charge in [0.15, 0.2) is 18.0 Å². The van der Waals surface area contributed by atoms with Gasteiger partial charge in [0.05, 0.1) is 17.2 Å². The highest BCUT2D eigenvalue weighted by molar-refractivity contribution is 7.85. The summed E-state index contributed by atoms with van der Waals surface area (Å²) in [4.78, 5) is 0. The maximum atomic E-state index is 11.0. The van der Waals surface area contributed by atoms with Crippen LogP contribution in [0, 0.1) is 0 Å². The van der Waals surface area contributed by atoms with Crippen LogP contribution in [0.15, 0.2) is 72.8 Å². The fraction of sp³-hybridized carbons (Fsp3) is 0.192. The van der Waals surface area contributed by atoms with Crippen LogP contribution in [0.2, 0.25) is 0 Å². The van der Waals surface area contributed by atoms with Crippen molar-refractivity contribution in [3.05, 3.63) is 88.9 Å². The van der Waals surface area contributed by atoms with E-state index >= 15 is 0 Å². The molecule has 0 amide bonds. The summed E-state index contributed by atoms with van der Waals surface area (Å²) in [5.74, 6) is 0.927. The molecule has 0 unspecified atom stereocenters. The first-order valence-corrected chi connectivity index (χ1v) is 13.2. The summed E-state index contributed by atoms with van der Waals surface area (Å²) in [5.41, 5.74) is 3.02. The second kappa shape index (κ2) is 10.8. The number of hydrogen-bond acceptors (Lipinski definition) is 6. The molecule has 0 aliphatic heterocycles. The number of methoxy groups -OCH3 is 1. The van der Waals surface area contributed by atoms with Gasteiger partial charge in [-0.1, -0.05) is 59.9 Å². The molecule has 4 aromatic rings. The number of ether oxygens (including phenoxy) is 2. The summed E-state index contributed by atoms with van der Waals surface area (Å²) in [6.45, 7) is 0.877. The predicted octanol–water partition coefficient (Wildman–Crippen LogP) is 4.88. The minimum atomic E-state index is -4.24. The van der Waals surface area contributed by atoms with Crippen molar-refractivity contribution in [1.29, 1.82) is 0 Å². The molecule has 0 aliphatic carbocycles. The van der Waals surface area contributed by atoms with E-state index in [1.165, 1.54) is 0 Å². The summed E-state index contributed by atoms with van der Waals surface area (Å²) >= 11 is 1.61. The summed E-state index contributed by atoms with van der Waals surface area (Å²) in [6, 6.07) is 23.6. The Morgan fingerprint density at radius 3 is 2.50 bits per heavy atom. The van der Waals surface area contributed by atoms with E-state index in [1.54, 1.807) is 18.4 Å². The third kappa shape index (κ3) is 6.22. The van der Waals surface area contributed by atoms with Gasteiger partial charge in [0.1, 0.15) is 11.3 Å². The van der Waals surface area contributed by atoms with Crippen molar-refractivity contribution in [2.75, 3.05) is 12.9 Å². The van der Waals surface area contributed by atoms with E-state index in [0.29, 0.717) is 24.7 Å². The number of thiazole rings is 1. The molecule has 4 rings (SSSR count). The Morgan fingerprint density at radius 1 is 0.971 bits per heavy atom. The lowest BCUT2D eigenvalue weighted by molar-refractivity contribution is -0.668. The molecular weight excluding hydrogens is 470 g/mol. The average molecular weight is 496 g/mol. The highest BCUT2D eigenvalue weighted by Gasteiger charge is 2.18. The first kappa shape index (κ1) is 23.9. The normalized spacial score (nSPS) is 11.8. The third-order valence-corrected chi connectivity index (χ3v) is 7.18. The summed E-state index contributed by atoms with van der Waals surface area (Å²) in [6.07, 6.45) is 4.25. The molecule has 0 N–H and O–H groups in total. The molecular formula is C26H25NO5S2. The Bertz CT molecular complexity index is 1400. The van der Waals surface area contributed by atoms with Crippen LogP contribution in [0.5, 0.6) is 11.5 Å². The molecule has 0 saturated heterocycles. The maximum Gasteiger partial charge on any atom is 0.262 e. The quantitative estimate of drug-likeness (QED) is 0.231. The lowest BCUT2D eigenvalue weighted by atomic mass is 10.2. The topological polar surface area (TPSA) is 79.5 Å². The number of benzene rings is 3. The molecule has 0 saturated carbocycles. The number of hydrogen-bond donors (Lipinski definition) is 0. The lowest BCUT2D eigenvalue weighted by Crippen LogP contribution is -2.35. The Hall–Kier alpha value is -3.20. The van der Waals surface area contributed by atoms with Crippen LogP contribution in [0.1, 0.15) is 22.6 Å². The smallest absolute Gasteiger partial charge is 0.262 e. The van der Waals surface area contributed by atoms with Crippen molar-refractivity contribution in [3.63, 3.8) is 0 Å². The van der Waals surface area contributed by atoms with E-state index < -0.39 is 10.1 Å². The molecule has 0 spiro atoms. The third-order valence-electron chi connectivity index (χ3n) is 5.26. The van der Waals surface area contributed by atoms with Gasteiger partial charge in [-0.05, 0) is 35.4 Å². The highest BCUT2D eigenvalue weighted by atomic mass is 32.2. The average Bonchev–Trinajstić information content (AvgIpc) is 3.19. The van der Waals surface area contributed by atoms with Gasteiger partial charge in [0.2, 0.25) is 5.52 Å². The van der Waals surface area contributed by atoms with Crippen LogP contribution < -0.4 is 14.0 Å². The number of aryl methyl sites for hydroxylation is 1. The summed E-state index contributed by atoms with van der Waals surface area (Å²) < 4.78 is 47.8. The molecule has 0 radical (unpaired) electrons. The number of aromatic nitrogens is 1. The van der Waals surface area contributed by atoms with Crippen molar-refractivity contribution in [1.82, 2.24) is 0 Å². The van der Waals surface area contributed by atoms with E-state index in [9.17, 15) is 13.0 Å². The second-order valence-corrected chi connectivity index (χ2v) is 10.3. The van der Waals surface area contributed by atoms with Crippen LogP contribution in [-0.2, 0) is 23.3 Å². The van der Waals surface area contributed by atoms with Gasteiger partial charge in [-0.2, -0.15) is 4.57 Å². The highest BCUT2D eigenvalue weighted by Crippen LogP contribution is 2.30. The second-order valence-electron chi connectivity index (χ2n) is 7.69. The SMILES string of the molecule is COc1ccc(/C=C/c2sc3ccccc3[n+]2CCCS(=O)(=O)[O-])cc1OCc1ccccc1. The number of para-hydroxylation sites is 1. The Kier molecular flexibility index (Phi) is 7.62. The molecule has 1 aromatic heterocycles. The molecule has 6 nitrogen and oxygen atoms in total.